The zero-order valence-corrected chi connectivity index (χ0v) is 9.39. The molecule has 0 saturated heterocycles. The van der Waals surface area contributed by atoms with Crippen LogP contribution in [0.5, 0.6) is 5.75 Å². The Morgan fingerprint density at radius 3 is 2.62 bits per heavy atom. The van der Waals surface area contributed by atoms with Crippen LogP contribution in [0.4, 0.5) is 0 Å². The van der Waals surface area contributed by atoms with Crippen LogP contribution in [0.15, 0.2) is 24.3 Å². The van der Waals surface area contributed by atoms with Crippen molar-refractivity contribution in [1.29, 1.82) is 0 Å². The van der Waals surface area contributed by atoms with E-state index in [0.29, 0.717) is 12.8 Å². The van der Waals surface area contributed by atoms with Gasteiger partial charge >= 0.3 is 0 Å². The second-order valence-electron chi connectivity index (χ2n) is 4.92. The van der Waals surface area contributed by atoms with Gasteiger partial charge in [-0.3, -0.25) is 0 Å². The van der Waals surface area contributed by atoms with Crippen molar-refractivity contribution in [3.63, 3.8) is 0 Å². The van der Waals surface area contributed by atoms with Crippen molar-refractivity contribution in [1.82, 2.24) is 0 Å². The lowest BCUT2D eigenvalue weighted by atomic mass is 9.78. The summed E-state index contributed by atoms with van der Waals surface area (Å²) >= 11 is 0. The highest BCUT2D eigenvalue weighted by Crippen LogP contribution is 2.30. The van der Waals surface area contributed by atoms with Crippen molar-refractivity contribution in [3.8, 4) is 5.75 Å². The second kappa shape index (κ2) is 4.44. The lowest BCUT2D eigenvalue weighted by Gasteiger charge is -2.35. The minimum absolute atomic E-state index is 0.121. The normalized spacial score (nSPS) is 30.2. The van der Waals surface area contributed by atoms with Crippen molar-refractivity contribution in [2.24, 2.45) is 5.73 Å². The van der Waals surface area contributed by atoms with E-state index in [4.69, 9.17) is 5.73 Å². The molecule has 1 aromatic rings. The molecule has 16 heavy (non-hydrogen) atoms. The highest BCUT2D eigenvalue weighted by molar-refractivity contribution is 5.27. The van der Waals surface area contributed by atoms with Gasteiger partial charge in [-0.1, -0.05) is 12.1 Å². The van der Waals surface area contributed by atoms with Crippen molar-refractivity contribution in [2.75, 3.05) is 0 Å². The van der Waals surface area contributed by atoms with Crippen LogP contribution in [-0.4, -0.2) is 21.9 Å². The van der Waals surface area contributed by atoms with Gasteiger partial charge in [0.15, 0.2) is 0 Å². The first-order valence-corrected chi connectivity index (χ1v) is 5.83. The maximum Gasteiger partial charge on any atom is 0.115 e. The summed E-state index contributed by atoms with van der Waals surface area (Å²) in [4.78, 5) is 0. The number of phenols is 1. The predicted molar refractivity (Wildman–Crippen MR) is 63.2 cm³/mol. The Bertz CT molecular complexity index is 349. The third-order valence-corrected chi connectivity index (χ3v) is 3.33. The summed E-state index contributed by atoms with van der Waals surface area (Å²) < 4.78 is 0. The van der Waals surface area contributed by atoms with E-state index < -0.39 is 5.60 Å². The van der Waals surface area contributed by atoms with Crippen LogP contribution >= 0.6 is 0 Å². The van der Waals surface area contributed by atoms with Gasteiger partial charge in [-0.05, 0) is 43.4 Å². The first-order chi connectivity index (χ1) is 7.57. The van der Waals surface area contributed by atoms with Gasteiger partial charge in [0.25, 0.3) is 0 Å². The maximum absolute atomic E-state index is 10.4. The standard InChI is InChI=1S/C13H19NO2/c14-11-2-1-7-13(16,9-11)8-10-3-5-12(15)6-4-10/h3-6,11,15-16H,1-2,7-9,14H2. The Balaban J connectivity index is 2.05. The quantitative estimate of drug-likeness (QED) is 0.710. The van der Waals surface area contributed by atoms with Gasteiger partial charge in [0.1, 0.15) is 5.75 Å². The maximum atomic E-state index is 10.4. The van der Waals surface area contributed by atoms with Crippen LogP contribution in [-0.2, 0) is 6.42 Å². The van der Waals surface area contributed by atoms with E-state index in [1.807, 2.05) is 12.1 Å². The van der Waals surface area contributed by atoms with Gasteiger partial charge in [-0.15, -0.1) is 0 Å². The number of aromatic hydroxyl groups is 1. The average molecular weight is 221 g/mol. The van der Waals surface area contributed by atoms with Crippen molar-refractivity contribution >= 4 is 0 Å². The molecule has 2 atom stereocenters. The summed E-state index contributed by atoms with van der Waals surface area (Å²) in [6.07, 6.45) is 4.13. The number of hydrogen-bond donors (Lipinski definition) is 3. The van der Waals surface area contributed by atoms with Crippen molar-refractivity contribution in [3.05, 3.63) is 29.8 Å². The van der Waals surface area contributed by atoms with Gasteiger partial charge in [-0.2, -0.15) is 0 Å². The van der Waals surface area contributed by atoms with E-state index in [2.05, 4.69) is 0 Å². The lowest BCUT2D eigenvalue weighted by Crippen LogP contribution is -2.42. The monoisotopic (exact) mass is 221 g/mol. The molecule has 0 aromatic heterocycles. The number of phenolic OH excluding ortho intramolecular Hbond substituents is 1. The summed E-state index contributed by atoms with van der Waals surface area (Å²) in [6, 6.07) is 7.14. The number of aliphatic hydroxyl groups is 1. The van der Waals surface area contributed by atoms with E-state index >= 15 is 0 Å². The zero-order chi connectivity index (χ0) is 11.6. The topological polar surface area (TPSA) is 66.5 Å². The largest absolute Gasteiger partial charge is 0.508 e. The molecule has 1 aromatic carbocycles. The molecular weight excluding hydrogens is 202 g/mol. The molecule has 3 nitrogen and oxygen atoms in total. The fraction of sp³-hybridized carbons (Fsp3) is 0.538. The molecule has 2 rings (SSSR count). The number of rotatable bonds is 2. The number of nitrogens with two attached hydrogens (primary N) is 1. The Hall–Kier alpha value is -1.06. The number of hydrogen-bond acceptors (Lipinski definition) is 3. The first kappa shape index (κ1) is 11.4. The van der Waals surface area contributed by atoms with Crippen molar-refractivity contribution in [2.45, 2.75) is 43.7 Å². The molecule has 1 aliphatic rings. The highest BCUT2D eigenvalue weighted by Gasteiger charge is 2.32. The van der Waals surface area contributed by atoms with E-state index in [-0.39, 0.29) is 11.8 Å². The molecule has 2 unspecified atom stereocenters. The van der Waals surface area contributed by atoms with E-state index in [1.54, 1.807) is 12.1 Å². The Kier molecular flexibility index (Phi) is 3.17. The van der Waals surface area contributed by atoms with Gasteiger partial charge in [0.2, 0.25) is 0 Å². The molecular formula is C13H19NO2. The van der Waals surface area contributed by atoms with Gasteiger partial charge < -0.3 is 15.9 Å². The molecule has 4 N–H and O–H groups in total. The summed E-state index contributed by atoms with van der Waals surface area (Å²) in [5.74, 6) is 0.260. The van der Waals surface area contributed by atoms with E-state index in [9.17, 15) is 10.2 Å². The zero-order valence-electron chi connectivity index (χ0n) is 9.39. The Labute approximate surface area is 95.9 Å². The highest BCUT2D eigenvalue weighted by atomic mass is 16.3. The fourth-order valence-electron chi connectivity index (χ4n) is 2.54. The van der Waals surface area contributed by atoms with Crippen LogP contribution in [0.1, 0.15) is 31.2 Å². The summed E-state index contributed by atoms with van der Waals surface area (Å²) in [5, 5.41) is 19.6. The summed E-state index contributed by atoms with van der Waals surface area (Å²) in [7, 11) is 0. The molecule has 0 heterocycles. The summed E-state index contributed by atoms with van der Waals surface area (Å²) in [5.41, 5.74) is 6.28. The molecule has 1 aliphatic carbocycles. The van der Waals surface area contributed by atoms with Crippen LogP contribution in [0, 0.1) is 0 Å². The van der Waals surface area contributed by atoms with Crippen LogP contribution in [0.2, 0.25) is 0 Å². The molecule has 1 saturated carbocycles. The minimum Gasteiger partial charge on any atom is -0.508 e. The first-order valence-electron chi connectivity index (χ1n) is 5.83. The van der Waals surface area contributed by atoms with Gasteiger partial charge in [-0.25, -0.2) is 0 Å². The van der Waals surface area contributed by atoms with Gasteiger partial charge in [0, 0.05) is 12.5 Å². The molecule has 0 spiro atoms. The number of benzene rings is 1. The summed E-state index contributed by atoms with van der Waals surface area (Å²) in [6.45, 7) is 0. The lowest BCUT2D eigenvalue weighted by molar-refractivity contribution is -0.00191. The Morgan fingerprint density at radius 2 is 2.00 bits per heavy atom. The SMILES string of the molecule is NC1CCCC(O)(Cc2ccc(O)cc2)C1. The van der Waals surface area contributed by atoms with Crippen LogP contribution in [0.25, 0.3) is 0 Å². The molecule has 0 bridgehead atoms. The van der Waals surface area contributed by atoms with Gasteiger partial charge in [0.05, 0.1) is 5.60 Å². The van der Waals surface area contributed by atoms with E-state index in [0.717, 1.165) is 24.8 Å². The molecule has 0 amide bonds. The molecule has 0 aliphatic heterocycles. The molecule has 88 valence electrons. The third-order valence-electron chi connectivity index (χ3n) is 3.33. The Morgan fingerprint density at radius 1 is 1.31 bits per heavy atom. The van der Waals surface area contributed by atoms with E-state index in [1.165, 1.54) is 0 Å². The van der Waals surface area contributed by atoms with Crippen LogP contribution in [0.3, 0.4) is 0 Å². The van der Waals surface area contributed by atoms with Crippen LogP contribution < -0.4 is 5.73 Å². The fourth-order valence-corrected chi connectivity index (χ4v) is 2.54. The molecule has 1 fully saturated rings. The molecule has 3 heteroatoms. The third kappa shape index (κ3) is 2.74. The molecule has 0 radical (unpaired) electrons. The predicted octanol–water partition coefficient (Wildman–Crippen LogP) is 1.57. The minimum atomic E-state index is -0.658. The average Bonchev–Trinajstić information content (AvgIpc) is 2.21. The smallest absolute Gasteiger partial charge is 0.115 e. The second-order valence-corrected chi connectivity index (χ2v) is 4.92. The van der Waals surface area contributed by atoms with Crippen molar-refractivity contribution < 1.29 is 10.2 Å².